The van der Waals surface area contributed by atoms with Crippen LogP contribution in [0.5, 0.6) is 0 Å². The molecule has 1 N–H and O–H groups in total. The zero-order valence-electron chi connectivity index (χ0n) is 30.8. The van der Waals surface area contributed by atoms with E-state index in [9.17, 15) is 4.89 Å². The van der Waals surface area contributed by atoms with Crippen molar-refractivity contribution in [3.05, 3.63) is 89.5 Å². The Kier molecular flexibility index (Phi) is 20.4. The molecule has 0 fully saturated rings. The van der Waals surface area contributed by atoms with Gasteiger partial charge in [0.1, 0.15) is 0 Å². The average molecular weight is 659 g/mol. The van der Waals surface area contributed by atoms with E-state index in [1.54, 1.807) is 0 Å². The Morgan fingerprint density at radius 2 is 0.532 bits per heavy atom. The molecule has 0 aliphatic heterocycles. The summed E-state index contributed by atoms with van der Waals surface area (Å²) in [4.78, 5) is 12.8. The van der Waals surface area contributed by atoms with Crippen molar-refractivity contribution in [1.29, 1.82) is 0 Å². The summed E-state index contributed by atoms with van der Waals surface area (Å²) in [6.07, 6.45) is 31.5. The molecular formula is C45H71OP. The Bertz CT molecular complexity index is 1020. The van der Waals surface area contributed by atoms with Crippen LogP contribution < -0.4 is 15.9 Å². The van der Waals surface area contributed by atoms with E-state index in [2.05, 4.69) is 93.6 Å². The van der Waals surface area contributed by atoms with Gasteiger partial charge in [0.2, 0.25) is 0 Å². The fraction of sp³-hybridized carbons (Fsp3) is 0.600. The van der Waals surface area contributed by atoms with Gasteiger partial charge in [-0.25, -0.2) is 0 Å². The van der Waals surface area contributed by atoms with E-state index in [1.165, 1.54) is 152 Å². The van der Waals surface area contributed by atoms with Crippen LogP contribution in [0.1, 0.15) is 172 Å². The van der Waals surface area contributed by atoms with Gasteiger partial charge in [0.25, 0.3) is 0 Å². The topological polar surface area (TPSA) is 20.2 Å². The summed E-state index contributed by atoms with van der Waals surface area (Å²) in [6, 6.07) is 27.1. The predicted molar refractivity (Wildman–Crippen MR) is 214 cm³/mol. The van der Waals surface area contributed by atoms with Crippen LogP contribution in [0.15, 0.2) is 72.8 Å². The molecule has 0 atom stereocenters. The fourth-order valence-corrected chi connectivity index (χ4v) is 10.0. The quantitative estimate of drug-likeness (QED) is 0.0638. The molecule has 0 saturated heterocycles. The van der Waals surface area contributed by atoms with Crippen LogP contribution in [-0.2, 0) is 19.3 Å². The zero-order chi connectivity index (χ0) is 33.4. The molecule has 0 amide bonds. The van der Waals surface area contributed by atoms with Gasteiger partial charge < -0.3 is 0 Å². The molecule has 0 bridgehead atoms. The standard InChI is InChI=1S/C45H71OP/c1-4-7-10-13-16-19-22-25-40-28-34-43(35-29-40)47(46,44-36-30-41(31-37-44)26-23-20-17-14-11-8-5-2)45-38-32-42(33-39-45)27-24-21-18-15-12-9-6-3/h28-39,46-47H,4-27H2,1-3H3. The van der Waals surface area contributed by atoms with E-state index in [0.717, 1.165) is 35.2 Å². The summed E-state index contributed by atoms with van der Waals surface area (Å²) in [7, 11) is -3.12. The third kappa shape index (κ3) is 14.6. The molecular weight excluding hydrogens is 587 g/mol. The van der Waals surface area contributed by atoms with Crippen molar-refractivity contribution < 1.29 is 4.89 Å². The van der Waals surface area contributed by atoms with Crippen molar-refractivity contribution in [1.82, 2.24) is 0 Å². The molecule has 262 valence electrons. The number of hydrogen-bond donors (Lipinski definition) is 1. The summed E-state index contributed by atoms with van der Waals surface area (Å²) in [5.74, 6) is 0. The molecule has 3 rings (SSSR count). The predicted octanol–water partition coefficient (Wildman–Crippen LogP) is 12.5. The van der Waals surface area contributed by atoms with Crippen molar-refractivity contribution in [3.8, 4) is 0 Å². The van der Waals surface area contributed by atoms with Gasteiger partial charge in [-0.3, -0.25) is 0 Å². The molecule has 0 heterocycles. The van der Waals surface area contributed by atoms with E-state index >= 15 is 0 Å². The molecule has 2 heteroatoms. The van der Waals surface area contributed by atoms with E-state index < -0.39 is 7.49 Å². The van der Waals surface area contributed by atoms with E-state index in [1.807, 2.05) is 0 Å². The minimum atomic E-state index is -3.12. The Morgan fingerprint density at radius 3 is 0.766 bits per heavy atom. The molecule has 0 aliphatic rings. The first-order chi connectivity index (χ1) is 23.1. The van der Waals surface area contributed by atoms with Crippen molar-refractivity contribution >= 4 is 23.4 Å². The first-order valence-corrected chi connectivity index (χ1v) is 22.1. The molecule has 47 heavy (non-hydrogen) atoms. The monoisotopic (exact) mass is 659 g/mol. The molecule has 0 saturated carbocycles. The SMILES string of the molecule is CCCCCCCCCc1ccc([PH](O)(c2ccc(CCCCCCCCC)cc2)c2ccc(CCCCCCCCC)cc2)cc1. The second-order valence-corrected chi connectivity index (χ2v) is 17.6. The number of aryl methyl sites for hydroxylation is 3. The van der Waals surface area contributed by atoms with Gasteiger partial charge in [0.05, 0.1) is 0 Å². The first kappa shape index (κ1) is 39.5. The van der Waals surface area contributed by atoms with Gasteiger partial charge in [-0.1, -0.05) is 20.8 Å². The summed E-state index contributed by atoms with van der Waals surface area (Å²) in [6.45, 7) is 6.86. The molecule has 0 spiro atoms. The van der Waals surface area contributed by atoms with Crippen molar-refractivity contribution in [2.24, 2.45) is 0 Å². The summed E-state index contributed by atoms with van der Waals surface area (Å²) < 4.78 is 0. The number of unbranched alkanes of at least 4 members (excludes halogenated alkanes) is 18. The van der Waals surface area contributed by atoms with Crippen LogP contribution >= 0.6 is 7.49 Å². The molecule has 0 aliphatic carbocycles. The minimum absolute atomic E-state index is 1.10. The van der Waals surface area contributed by atoms with Crippen LogP contribution in [-0.4, -0.2) is 4.89 Å². The van der Waals surface area contributed by atoms with Crippen molar-refractivity contribution in [3.63, 3.8) is 0 Å². The van der Waals surface area contributed by atoms with E-state index in [0.29, 0.717) is 0 Å². The molecule has 3 aromatic carbocycles. The van der Waals surface area contributed by atoms with Crippen LogP contribution in [0.4, 0.5) is 0 Å². The second kappa shape index (κ2) is 24.2. The number of hydrogen-bond acceptors (Lipinski definition) is 1. The Labute approximate surface area is 291 Å². The second-order valence-electron chi connectivity index (χ2n) is 14.4. The molecule has 1 nitrogen and oxygen atoms in total. The van der Waals surface area contributed by atoms with Crippen molar-refractivity contribution in [2.45, 2.75) is 175 Å². The van der Waals surface area contributed by atoms with Gasteiger partial charge >= 0.3 is 272 Å². The first-order valence-electron chi connectivity index (χ1n) is 20.1. The zero-order valence-corrected chi connectivity index (χ0v) is 31.8. The van der Waals surface area contributed by atoms with Crippen LogP contribution in [0.3, 0.4) is 0 Å². The van der Waals surface area contributed by atoms with E-state index in [-0.39, 0.29) is 0 Å². The van der Waals surface area contributed by atoms with Gasteiger partial charge in [-0.2, -0.15) is 0 Å². The Hall–Kier alpha value is -1.95. The van der Waals surface area contributed by atoms with Crippen LogP contribution in [0.25, 0.3) is 0 Å². The van der Waals surface area contributed by atoms with Crippen molar-refractivity contribution in [2.75, 3.05) is 0 Å². The molecule has 0 radical (unpaired) electrons. The van der Waals surface area contributed by atoms with Crippen LogP contribution in [0.2, 0.25) is 0 Å². The van der Waals surface area contributed by atoms with Crippen LogP contribution in [0, 0.1) is 0 Å². The normalized spacial score (nSPS) is 12.1. The summed E-state index contributed by atoms with van der Waals surface area (Å²) in [5, 5.41) is 3.29. The van der Waals surface area contributed by atoms with Gasteiger partial charge in [0, 0.05) is 0 Å². The fourth-order valence-electron chi connectivity index (χ4n) is 7.10. The molecule has 0 unspecified atom stereocenters. The number of rotatable bonds is 27. The maximum atomic E-state index is 12.8. The molecule has 3 aromatic rings. The number of benzene rings is 3. The third-order valence-corrected chi connectivity index (χ3v) is 13.8. The molecule has 0 aromatic heterocycles. The third-order valence-electron chi connectivity index (χ3n) is 10.3. The Morgan fingerprint density at radius 1 is 0.319 bits per heavy atom. The Balaban J connectivity index is 1.68. The summed E-state index contributed by atoms with van der Waals surface area (Å²) in [5.41, 5.74) is 4.19. The van der Waals surface area contributed by atoms with Gasteiger partial charge in [-0.05, 0) is 0 Å². The van der Waals surface area contributed by atoms with Gasteiger partial charge in [0.15, 0.2) is 0 Å². The van der Waals surface area contributed by atoms with Gasteiger partial charge in [-0.15, -0.1) is 0 Å². The summed E-state index contributed by atoms with van der Waals surface area (Å²) >= 11 is 0. The van der Waals surface area contributed by atoms with E-state index in [4.69, 9.17) is 0 Å². The maximum absolute atomic E-state index is 12.8. The average Bonchev–Trinajstić information content (AvgIpc) is 3.11.